The van der Waals surface area contributed by atoms with Crippen molar-refractivity contribution in [2.45, 2.75) is 13.5 Å². The zero-order valence-electron chi connectivity index (χ0n) is 8.29. The molecule has 0 aromatic carbocycles. The molecule has 15 heavy (non-hydrogen) atoms. The van der Waals surface area contributed by atoms with E-state index in [0.29, 0.717) is 6.54 Å². The third kappa shape index (κ3) is 2.56. The number of aromatic nitrogens is 3. The van der Waals surface area contributed by atoms with E-state index in [9.17, 15) is 0 Å². The number of pyridine rings is 1. The highest BCUT2D eigenvalue weighted by Gasteiger charge is 2.00. The average Bonchev–Trinajstić information content (AvgIpc) is 2.69. The molecule has 0 amide bonds. The Morgan fingerprint density at radius 1 is 1.47 bits per heavy atom. The first kappa shape index (κ1) is 10.2. The van der Waals surface area contributed by atoms with Gasteiger partial charge in [-0.1, -0.05) is 0 Å². The van der Waals surface area contributed by atoms with E-state index >= 15 is 0 Å². The van der Waals surface area contributed by atoms with Gasteiger partial charge in [0.1, 0.15) is 5.82 Å². The first-order valence-electron chi connectivity index (χ1n) is 4.59. The van der Waals surface area contributed by atoms with Gasteiger partial charge in [0.25, 0.3) is 0 Å². The van der Waals surface area contributed by atoms with Gasteiger partial charge in [-0.3, -0.25) is 0 Å². The monoisotopic (exact) mass is 266 g/mol. The number of aromatic amines is 1. The van der Waals surface area contributed by atoms with Crippen molar-refractivity contribution >= 4 is 21.7 Å². The summed E-state index contributed by atoms with van der Waals surface area (Å²) in [5.74, 6) is 0.896. The van der Waals surface area contributed by atoms with Gasteiger partial charge in [0.15, 0.2) is 0 Å². The topological polar surface area (TPSA) is 53.6 Å². The van der Waals surface area contributed by atoms with Crippen LogP contribution in [0.3, 0.4) is 0 Å². The smallest absolute Gasteiger partial charge is 0.129 e. The van der Waals surface area contributed by atoms with Crippen LogP contribution in [0.5, 0.6) is 0 Å². The lowest BCUT2D eigenvalue weighted by Crippen LogP contribution is -2.03. The fourth-order valence-electron chi connectivity index (χ4n) is 1.29. The molecule has 0 bridgehead atoms. The van der Waals surface area contributed by atoms with Crippen LogP contribution in [-0.4, -0.2) is 15.0 Å². The van der Waals surface area contributed by atoms with Crippen molar-refractivity contribution in [3.63, 3.8) is 0 Å². The average molecular weight is 267 g/mol. The Kier molecular flexibility index (Phi) is 3.01. The number of rotatable bonds is 3. The lowest BCUT2D eigenvalue weighted by molar-refractivity contribution is 1.04. The van der Waals surface area contributed by atoms with Crippen LogP contribution in [0, 0.1) is 6.92 Å². The van der Waals surface area contributed by atoms with Crippen molar-refractivity contribution in [2.24, 2.45) is 0 Å². The molecular formula is C10H11BrN4. The number of hydrogen-bond donors (Lipinski definition) is 2. The summed E-state index contributed by atoms with van der Waals surface area (Å²) >= 11 is 3.38. The predicted octanol–water partition coefficient (Wildman–Crippen LogP) is 2.49. The summed E-state index contributed by atoms with van der Waals surface area (Å²) in [6.07, 6.45) is 5.24. The maximum atomic E-state index is 4.28. The largest absolute Gasteiger partial charge is 0.364 e. The van der Waals surface area contributed by atoms with E-state index < -0.39 is 0 Å². The Bertz CT molecular complexity index is 439. The molecule has 0 fully saturated rings. The second kappa shape index (κ2) is 4.44. The summed E-state index contributed by atoms with van der Waals surface area (Å²) in [4.78, 5) is 11.3. The Labute approximate surface area is 96.3 Å². The molecule has 0 unspecified atom stereocenters. The number of imidazole rings is 1. The summed E-state index contributed by atoms with van der Waals surface area (Å²) in [6.45, 7) is 2.72. The van der Waals surface area contributed by atoms with Gasteiger partial charge in [-0.2, -0.15) is 0 Å². The van der Waals surface area contributed by atoms with Crippen LogP contribution in [-0.2, 0) is 6.54 Å². The van der Waals surface area contributed by atoms with Crippen LogP contribution in [0.1, 0.15) is 11.3 Å². The molecule has 0 aliphatic rings. The van der Waals surface area contributed by atoms with Gasteiger partial charge in [0.2, 0.25) is 0 Å². The molecule has 0 saturated carbocycles. The minimum Gasteiger partial charge on any atom is -0.364 e. The third-order valence-corrected chi connectivity index (χ3v) is 2.48. The Morgan fingerprint density at radius 2 is 2.33 bits per heavy atom. The highest BCUT2D eigenvalue weighted by Crippen LogP contribution is 2.16. The van der Waals surface area contributed by atoms with Crippen LogP contribution in [0.15, 0.2) is 29.3 Å². The van der Waals surface area contributed by atoms with Crippen molar-refractivity contribution in [2.75, 3.05) is 5.32 Å². The van der Waals surface area contributed by atoms with Crippen molar-refractivity contribution < 1.29 is 0 Å². The molecular weight excluding hydrogens is 256 g/mol. The molecule has 0 saturated heterocycles. The van der Waals surface area contributed by atoms with E-state index in [0.717, 1.165) is 21.5 Å². The summed E-state index contributed by atoms with van der Waals surface area (Å²) in [6, 6.07) is 2.03. The first-order valence-corrected chi connectivity index (χ1v) is 5.38. The number of aryl methyl sites for hydroxylation is 1. The number of halogens is 1. The van der Waals surface area contributed by atoms with Crippen molar-refractivity contribution in [3.05, 3.63) is 40.5 Å². The molecule has 0 radical (unpaired) electrons. The van der Waals surface area contributed by atoms with Crippen molar-refractivity contribution in [1.29, 1.82) is 0 Å². The van der Waals surface area contributed by atoms with Crippen LogP contribution in [0.4, 0.5) is 5.82 Å². The van der Waals surface area contributed by atoms with E-state index in [1.165, 1.54) is 0 Å². The third-order valence-electron chi connectivity index (χ3n) is 2.05. The van der Waals surface area contributed by atoms with E-state index in [1.54, 1.807) is 18.7 Å². The molecule has 0 aliphatic carbocycles. The molecule has 0 aliphatic heterocycles. The maximum Gasteiger partial charge on any atom is 0.129 e. The standard InChI is InChI=1S/C10H11BrN4/c1-7-2-8(11)3-13-10(7)14-5-9-4-12-6-15-9/h2-4,6H,5H2,1H3,(H,12,15)(H,13,14). The zero-order chi connectivity index (χ0) is 10.7. The lowest BCUT2D eigenvalue weighted by atomic mass is 10.3. The van der Waals surface area contributed by atoms with Gasteiger partial charge in [0.05, 0.1) is 18.6 Å². The van der Waals surface area contributed by atoms with Crippen molar-refractivity contribution in [3.8, 4) is 0 Å². The minimum atomic E-state index is 0.704. The van der Waals surface area contributed by atoms with Crippen LogP contribution < -0.4 is 5.32 Å². The van der Waals surface area contributed by atoms with Gasteiger partial charge in [-0.15, -0.1) is 0 Å². The molecule has 0 spiro atoms. The highest BCUT2D eigenvalue weighted by atomic mass is 79.9. The van der Waals surface area contributed by atoms with Gasteiger partial charge in [-0.25, -0.2) is 9.97 Å². The van der Waals surface area contributed by atoms with E-state index in [1.807, 2.05) is 13.0 Å². The summed E-state index contributed by atoms with van der Waals surface area (Å²) in [5, 5.41) is 3.24. The fraction of sp³-hybridized carbons (Fsp3) is 0.200. The van der Waals surface area contributed by atoms with Gasteiger partial charge in [0, 0.05) is 16.9 Å². The Morgan fingerprint density at radius 3 is 3.00 bits per heavy atom. The number of H-pyrrole nitrogens is 1. The molecule has 78 valence electrons. The predicted molar refractivity (Wildman–Crippen MR) is 62.6 cm³/mol. The number of hydrogen-bond acceptors (Lipinski definition) is 3. The van der Waals surface area contributed by atoms with Crippen LogP contribution in [0.25, 0.3) is 0 Å². The van der Waals surface area contributed by atoms with E-state index in [-0.39, 0.29) is 0 Å². The maximum absolute atomic E-state index is 4.28. The summed E-state index contributed by atoms with van der Waals surface area (Å²) in [7, 11) is 0. The zero-order valence-corrected chi connectivity index (χ0v) is 9.87. The normalized spacial score (nSPS) is 10.3. The molecule has 0 atom stereocenters. The first-order chi connectivity index (χ1) is 7.25. The summed E-state index contributed by atoms with van der Waals surface area (Å²) in [5.41, 5.74) is 2.16. The molecule has 2 rings (SSSR count). The fourth-order valence-corrected chi connectivity index (χ4v) is 1.73. The van der Waals surface area contributed by atoms with Crippen molar-refractivity contribution in [1.82, 2.24) is 15.0 Å². The van der Waals surface area contributed by atoms with Gasteiger partial charge >= 0.3 is 0 Å². The lowest BCUT2D eigenvalue weighted by Gasteiger charge is -2.07. The number of nitrogens with one attached hydrogen (secondary N) is 2. The summed E-state index contributed by atoms with van der Waals surface area (Å²) < 4.78 is 0.993. The molecule has 2 aromatic rings. The second-order valence-corrected chi connectivity index (χ2v) is 4.17. The molecule has 5 heteroatoms. The van der Waals surface area contributed by atoms with Crippen LogP contribution >= 0.6 is 15.9 Å². The quantitative estimate of drug-likeness (QED) is 0.898. The van der Waals surface area contributed by atoms with E-state index in [4.69, 9.17) is 0 Å². The van der Waals surface area contributed by atoms with Gasteiger partial charge < -0.3 is 10.3 Å². The minimum absolute atomic E-state index is 0.704. The number of anilines is 1. The second-order valence-electron chi connectivity index (χ2n) is 3.25. The van der Waals surface area contributed by atoms with Gasteiger partial charge in [-0.05, 0) is 34.5 Å². The molecule has 4 nitrogen and oxygen atoms in total. The Balaban J connectivity index is 2.05. The Hall–Kier alpha value is -1.36. The highest BCUT2D eigenvalue weighted by molar-refractivity contribution is 9.10. The number of nitrogens with zero attached hydrogens (tertiary/aromatic N) is 2. The molecule has 2 aromatic heterocycles. The molecule has 2 N–H and O–H groups in total. The van der Waals surface area contributed by atoms with Crippen LogP contribution in [0.2, 0.25) is 0 Å². The SMILES string of the molecule is Cc1cc(Br)cnc1NCc1cnc[nH]1. The molecule has 2 heterocycles. The van der Waals surface area contributed by atoms with E-state index in [2.05, 4.69) is 36.2 Å².